The van der Waals surface area contributed by atoms with Crippen LogP contribution in [0.2, 0.25) is 0 Å². The summed E-state index contributed by atoms with van der Waals surface area (Å²) in [6.07, 6.45) is 3.73. The Balaban J connectivity index is 1.95. The Morgan fingerprint density at radius 3 is 2.22 bits per heavy atom. The minimum atomic E-state index is -3.10. The summed E-state index contributed by atoms with van der Waals surface area (Å²) in [7, 11) is -1.12. The van der Waals surface area contributed by atoms with Crippen LogP contribution < -0.4 is 10.6 Å². The van der Waals surface area contributed by atoms with E-state index in [2.05, 4.69) is 10.6 Å². The van der Waals surface area contributed by atoms with Crippen molar-refractivity contribution >= 4 is 15.5 Å². The first-order valence-electron chi connectivity index (χ1n) is 6.14. The Labute approximate surface area is 109 Å². The summed E-state index contributed by atoms with van der Waals surface area (Å²) in [4.78, 5) is 0.365. The lowest BCUT2D eigenvalue weighted by atomic mass is 10.1. The third-order valence-electron chi connectivity index (χ3n) is 3.46. The van der Waals surface area contributed by atoms with Gasteiger partial charge in [0.05, 0.1) is 4.90 Å². The van der Waals surface area contributed by atoms with E-state index in [9.17, 15) is 8.42 Å². The van der Waals surface area contributed by atoms with E-state index in [4.69, 9.17) is 0 Å². The molecular weight excluding hydrogens is 248 g/mol. The molecule has 0 bridgehead atoms. The van der Waals surface area contributed by atoms with Crippen LogP contribution in [0.15, 0.2) is 29.2 Å². The molecule has 0 unspecified atom stereocenters. The molecule has 4 nitrogen and oxygen atoms in total. The molecule has 0 heterocycles. The molecule has 0 spiro atoms. The molecule has 1 aromatic rings. The zero-order chi connectivity index (χ0) is 13.2. The number of sulfone groups is 1. The minimum absolute atomic E-state index is 0.365. The molecule has 0 amide bonds. The largest absolute Gasteiger partial charge is 0.384 e. The van der Waals surface area contributed by atoms with Crippen molar-refractivity contribution in [3.05, 3.63) is 24.3 Å². The summed E-state index contributed by atoms with van der Waals surface area (Å²) < 4.78 is 22.7. The Hall–Kier alpha value is -1.07. The van der Waals surface area contributed by atoms with Gasteiger partial charge in [-0.2, -0.15) is 0 Å². The minimum Gasteiger partial charge on any atom is -0.384 e. The van der Waals surface area contributed by atoms with Crippen molar-refractivity contribution in [2.24, 2.45) is 5.41 Å². The lowest BCUT2D eigenvalue weighted by Crippen LogP contribution is -2.26. The van der Waals surface area contributed by atoms with Crippen LogP contribution in [0.3, 0.4) is 0 Å². The lowest BCUT2D eigenvalue weighted by molar-refractivity contribution is 0.507. The van der Waals surface area contributed by atoms with Gasteiger partial charge in [-0.25, -0.2) is 8.42 Å². The van der Waals surface area contributed by atoms with Gasteiger partial charge in [0.25, 0.3) is 0 Å². The fraction of sp³-hybridized carbons (Fsp3) is 0.538. The van der Waals surface area contributed by atoms with Gasteiger partial charge < -0.3 is 10.6 Å². The van der Waals surface area contributed by atoms with Crippen LogP contribution in [0.25, 0.3) is 0 Å². The van der Waals surface area contributed by atoms with Gasteiger partial charge in [0.1, 0.15) is 0 Å². The molecule has 1 aromatic carbocycles. The van der Waals surface area contributed by atoms with Gasteiger partial charge in [0.2, 0.25) is 0 Å². The van der Waals surface area contributed by atoms with Crippen LogP contribution in [-0.2, 0) is 9.84 Å². The molecule has 0 aromatic heterocycles. The van der Waals surface area contributed by atoms with Crippen LogP contribution in [0.4, 0.5) is 5.69 Å². The predicted molar refractivity (Wildman–Crippen MR) is 73.6 cm³/mol. The van der Waals surface area contributed by atoms with Crippen molar-refractivity contribution in [2.45, 2.75) is 17.7 Å². The molecule has 0 aliphatic heterocycles. The van der Waals surface area contributed by atoms with Gasteiger partial charge in [-0.1, -0.05) is 0 Å². The molecule has 2 rings (SSSR count). The van der Waals surface area contributed by atoms with Crippen LogP contribution in [0, 0.1) is 5.41 Å². The smallest absolute Gasteiger partial charge is 0.175 e. The zero-order valence-corrected chi connectivity index (χ0v) is 11.7. The van der Waals surface area contributed by atoms with E-state index in [1.807, 2.05) is 19.2 Å². The average Bonchev–Trinajstić information content (AvgIpc) is 3.07. The normalized spacial score (nSPS) is 17.4. The second-order valence-corrected chi connectivity index (χ2v) is 7.20. The van der Waals surface area contributed by atoms with Crippen LogP contribution in [0.5, 0.6) is 0 Å². The molecule has 0 atom stereocenters. The second kappa shape index (κ2) is 4.90. The van der Waals surface area contributed by atoms with E-state index in [1.54, 1.807) is 12.1 Å². The van der Waals surface area contributed by atoms with Gasteiger partial charge >= 0.3 is 0 Å². The van der Waals surface area contributed by atoms with Gasteiger partial charge in [-0.3, -0.25) is 0 Å². The van der Waals surface area contributed by atoms with Crippen molar-refractivity contribution in [1.29, 1.82) is 0 Å². The molecule has 100 valence electrons. The SMILES string of the molecule is CNCC1(CNc2ccc(S(C)(=O)=O)cc2)CC1. The first kappa shape index (κ1) is 13.4. The van der Waals surface area contributed by atoms with Crippen LogP contribution in [-0.4, -0.2) is 34.8 Å². The molecule has 2 N–H and O–H groups in total. The third kappa shape index (κ3) is 3.23. The molecule has 5 heteroatoms. The fourth-order valence-corrected chi connectivity index (χ4v) is 2.71. The van der Waals surface area contributed by atoms with E-state index < -0.39 is 9.84 Å². The molecule has 18 heavy (non-hydrogen) atoms. The van der Waals surface area contributed by atoms with Crippen LogP contribution in [0.1, 0.15) is 12.8 Å². The van der Waals surface area contributed by atoms with Crippen molar-refractivity contribution < 1.29 is 8.42 Å². The quantitative estimate of drug-likeness (QED) is 0.821. The number of rotatable bonds is 6. The standard InChI is InChI=1S/C13H20N2O2S/c1-14-9-13(7-8-13)10-15-11-3-5-12(6-4-11)18(2,16)17/h3-6,14-15H,7-10H2,1-2H3. The fourth-order valence-electron chi connectivity index (χ4n) is 2.08. The second-order valence-electron chi connectivity index (χ2n) is 5.18. The number of nitrogens with one attached hydrogen (secondary N) is 2. The maximum absolute atomic E-state index is 11.3. The monoisotopic (exact) mass is 268 g/mol. The molecule has 1 aliphatic rings. The molecule has 1 saturated carbocycles. The summed E-state index contributed by atoms with van der Waals surface area (Å²) in [5.41, 5.74) is 1.37. The van der Waals surface area contributed by atoms with Crippen molar-refractivity contribution in [1.82, 2.24) is 5.32 Å². The third-order valence-corrected chi connectivity index (χ3v) is 4.59. The summed E-state index contributed by atoms with van der Waals surface area (Å²) in [6.45, 7) is 1.97. The molecule has 1 fully saturated rings. The van der Waals surface area contributed by atoms with E-state index >= 15 is 0 Å². The molecule has 1 aliphatic carbocycles. The number of anilines is 1. The van der Waals surface area contributed by atoms with E-state index in [0.29, 0.717) is 10.3 Å². The first-order valence-corrected chi connectivity index (χ1v) is 8.03. The summed E-state index contributed by atoms with van der Waals surface area (Å²) in [6, 6.07) is 6.95. The summed E-state index contributed by atoms with van der Waals surface area (Å²) in [5.74, 6) is 0. The Kier molecular flexibility index (Phi) is 3.64. The topological polar surface area (TPSA) is 58.2 Å². The lowest BCUT2D eigenvalue weighted by Gasteiger charge is -2.16. The Morgan fingerprint density at radius 2 is 1.78 bits per heavy atom. The molecule has 0 saturated heterocycles. The Bertz CT molecular complexity index is 504. The first-order chi connectivity index (χ1) is 8.45. The van der Waals surface area contributed by atoms with Gasteiger partial charge in [-0.05, 0) is 44.2 Å². The van der Waals surface area contributed by atoms with E-state index in [1.165, 1.54) is 19.1 Å². The van der Waals surface area contributed by atoms with E-state index in [-0.39, 0.29) is 0 Å². The highest BCUT2D eigenvalue weighted by Gasteiger charge is 2.41. The van der Waals surface area contributed by atoms with Gasteiger partial charge in [0.15, 0.2) is 9.84 Å². The number of hydrogen-bond donors (Lipinski definition) is 2. The highest BCUT2D eigenvalue weighted by molar-refractivity contribution is 7.90. The summed E-state index contributed by atoms with van der Waals surface area (Å²) >= 11 is 0. The van der Waals surface area contributed by atoms with Crippen molar-refractivity contribution in [3.8, 4) is 0 Å². The highest BCUT2D eigenvalue weighted by atomic mass is 32.2. The van der Waals surface area contributed by atoms with E-state index in [0.717, 1.165) is 18.8 Å². The Morgan fingerprint density at radius 1 is 1.17 bits per heavy atom. The van der Waals surface area contributed by atoms with Gasteiger partial charge in [-0.15, -0.1) is 0 Å². The summed E-state index contributed by atoms with van der Waals surface area (Å²) in [5, 5.41) is 6.59. The van der Waals surface area contributed by atoms with Crippen LogP contribution >= 0.6 is 0 Å². The molecular formula is C13H20N2O2S. The number of hydrogen-bond acceptors (Lipinski definition) is 4. The average molecular weight is 268 g/mol. The van der Waals surface area contributed by atoms with Gasteiger partial charge in [0, 0.05) is 30.4 Å². The maximum Gasteiger partial charge on any atom is 0.175 e. The predicted octanol–water partition coefficient (Wildman–Crippen LogP) is 1.50. The zero-order valence-electron chi connectivity index (χ0n) is 10.9. The number of benzene rings is 1. The highest BCUT2D eigenvalue weighted by Crippen LogP contribution is 2.44. The van der Waals surface area contributed by atoms with Crippen molar-refractivity contribution in [3.63, 3.8) is 0 Å². The van der Waals surface area contributed by atoms with Crippen molar-refractivity contribution in [2.75, 3.05) is 31.7 Å². The maximum atomic E-state index is 11.3. The molecule has 0 radical (unpaired) electrons.